The molecule has 0 saturated heterocycles. The standard InChI is InChI=1S/C9H10F3NO4/c1-3-15-7(14)6-4-16-8(13-6)17-5(2)9(10,11)12/h4-5H,3H2,1-2H3. The van der Waals surface area contributed by atoms with Crippen molar-refractivity contribution in [3.05, 3.63) is 12.0 Å². The highest BCUT2D eigenvalue weighted by atomic mass is 19.4. The van der Waals surface area contributed by atoms with E-state index in [1.54, 1.807) is 6.92 Å². The van der Waals surface area contributed by atoms with Gasteiger partial charge in [0.15, 0.2) is 11.8 Å². The molecule has 0 N–H and O–H groups in total. The predicted molar refractivity (Wildman–Crippen MR) is 48.6 cm³/mol. The third kappa shape index (κ3) is 3.65. The van der Waals surface area contributed by atoms with Gasteiger partial charge in [-0.3, -0.25) is 0 Å². The van der Waals surface area contributed by atoms with Crippen molar-refractivity contribution in [2.45, 2.75) is 26.1 Å². The lowest BCUT2D eigenvalue weighted by atomic mass is 10.4. The maximum Gasteiger partial charge on any atom is 0.425 e. The van der Waals surface area contributed by atoms with Crippen LogP contribution in [0.3, 0.4) is 0 Å². The van der Waals surface area contributed by atoms with Gasteiger partial charge >= 0.3 is 18.2 Å². The van der Waals surface area contributed by atoms with Crippen molar-refractivity contribution in [3.8, 4) is 6.08 Å². The minimum atomic E-state index is -4.53. The molecule has 1 aromatic rings. The number of carbonyl (C=O) groups is 1. The summed E-state index contributed by atoms with van der Waals surface area (Å²) in [7, 11) is 0. The fraction of sp³-hybridized carbons (Fsp3) is 0.556. The van der Waals surface area contributed by atoms with Crippen LogP contribution in [-0.4, -0.2) is 29.8 Å². The van der Waals surface area contributed by atoms with Gasteiger partial charge in [-0.05, 0) is 13.8 Å². The fourth-order valence-electron chi connectivity index (χ4n) is 0.828. The summed E-state index contributed by atoms with van der Waals surface area (Å²) in [5, 5.41) is 0. The lowest BCUT2D eigenvalue weighted by Gasteiger charge is -2.14. The van der Waals surface area contributed by atoms with Crippen LogP contribution >= 0.6 is 0 Å². The van der Waals surface area contributed by atoms with E-state index >= 15 is 0 Å². The van der Waals surface area contributed by atoms with E-state index in [0.29, 0.717) is 0 Å². The molecule has 0 radical (unpaired) electrons. The van der Waals surface area contributed by atoms with Crippen molar-refractivity contribution in [2.24, 2.45) is 0 Å². The second kappa shape index (κ2) is 5.07. The Morgan fingerprint density at radius 1 is 1.59 bits per heavy atom. The number of esters is 1. The van der Waals surface area contributed by atoms with Crippen LogP contribution in [0.2, 0.25) is 0 Å². The van der Waals surface area contributed by atoms with Crippen LogP contribution < -0.4 is 4.74 Å². The van der Waals surface area contributed by atoms with Gasteiger partial charge < -0.3 is 13.9 Å². The molecule has 17 heavy (non-hydrogen) atoms. The zero-order valence-electron chi connectivity index (χ0n) is 9.08. The van der Waals surface area contributed by atoms with Crippen LogP contribution in [0.1, 0.15) is 24.3 Å². The van der Waals surface area contributed by atoms with E-state index in [0.717, 1.165) is 13.2 Å². The van der Waals surface area contributed by atoms with Crippen LogP contribution in [-0.2, 0) is 4.74 Å². The van der Waals surface area contributed by atoms with Gasteiger partial charge in [0, 0.05) is 0 Å². The minimum Gasteiger partial charge on any atom is -0.461 e. The number of carbonyl (C=O) groups excluding carboxylic acids is 1. The Morgan fingerprint density at radius 2 is 2.24 bits per heavy atom. The molecule has 0 aliphatic carbocycles. The predicted octanol–water partition coefficient (Wildman–Crippen LogP) is 2.18. The van der Waals surface area contributed by atoms with E-state index in [-0.39, 0.29) is 12.3 Å². The summed E-state index contributed by atoms with van der Waals surface area (Å²) in [6.45, 7) is 2.51. The Labute approximate surface area is 94.5 Å². The van der Waals surface area contributed by atoms with Crippen LogP contribution in [0.25, 0.3) is 0 Å². The van der Waals surface area contributed by atoms with Crippen molar-refractivity contribution >= 4 is 5.97 Å². The molecular formula is C9H10F3NO4. The van der Waals surface area contributed by atoms with Gasteiger partial charge in [0.05, 0.1) is 6.61 Å². The zero-order valence-corrected chi connectivity index (χ0v) is 9.08. The molecule has 0 amide bonds. The van der Waals surface area contributed by atoms with Crippen molar-refractivity contribution in [2.75, 3.05) is 6.61 Å². The summed E-state index contributed by atoms with van der Waals surface area (Å²) in [4.78, 5) is 14.5. The molecule has 0 spiro atoms. The third-order valence-electron chi connectivity index (χ3n) is 1.71. The lowest BCUT2D eigenvalue weighted by Crippen LogP contribution is -2.31. The van der Waals surface area contributed by atoms with Crippen molar-refractivity contribution < 1.29 is 31.9 Å². The smallest absolute Gasteiger partial charge is 0.425 e. The number of hydrogen-bond donors (Lipinski definition) is 0. The van der Waals surface area contributed by atoms with E-state index in [9.17, 15) is 18.0 Å². The van der Waals surface area contributed by atoms with Gasteiger partial charge in [-0.25, -0.2) is 4.79 Å². The van der Waals surface area contributed by atoms with Gasteiger partial charge in [-0.1, -0.05) is 0 Å². The number of oxazole rings is 1. The van der Waals surface area contributed by atoms with Gasteiger partial charge in [0.25, 0.3) is 0 Å². The van der Waals surface area contributed by atoms with Gasteiger partial charge in [0.2, 0.25) is 0 Å². The summed E-state index contributed by atoms with van der Waals surface area (Å²) in [5.74, 6) is -0.786. The number of hydrogen-bond acceptors (Lipinski definition) is 5. The van der Waals surface area contributed by atoms with E-state index in [1.807, 2.05) is 0 Å². The van der Waals surface area contributed by atoms with Crippen molar-refractivity contribution in [1.29, 1.82) is 0 Å². The summed E-state index contributed by atoms with van der Waals surface area (Å²) in [6.07, 6.45) is -6.36. The molecule has 0 saturated carbocycles. The van der Waals surface area contributed by atoms with Crippen molar-refractivity contribution in [3.63, 3.8) is 0 Å². The highest BCUT2D eigenvalue weighted by molar-refractivity contribution is 5.86. The first kappa shape index (κ1) is 13.3. The molecule has 0 bridgehead atoms. The molecule has 1 unspecified atom stereocenters. The average Bonchev–Trinajstić information content (AvgIpc) is 2.65. The number of alkyl halides is 3. The molecule has 0 aliphatic heterocycles. The quantitative estimate of drug-likeness (QED) is 0.769. The SMILES string of the molecule is CCOC(=O)c1coc(OC(C)C(F)(F)F)n1. The first-order chi connectivity index (χ1) is 7.84. The Kier molecular flexibility index (Phi) is 3.97. The van der Waals surface area contributed by atoms with Crippen LogP contribution in [0.15, 0.2) is 10.7 Å². The summed E-state index contributed by atoms with van der Waals surface area (Å²) < 4.78 is 49.9. The first-order valence-corrected chi connectivity index (χ1v) is 4.70. The summed E-state index contributed by atoms with van der Waals surface area (Å²) in [6, 6.07) is 0. The second-order valence-electron chi connectivity index (χ2n) is 3.02. The fourth-order valence-corrected chi connectivity index (χ4v) is 0.828. The number of aromatic nitrogens is 1. The Hall–Kier alpha value is -1.73. The minimum absolute atomic E-state index is 0.126. The molecule has 1 rings (SSSR count). The summed E-state index contributed by atoms with van der Waals surface area (Å²) >= 11 is 0. The molecule has 0 aliphatic rings. The molecule has 0 aromatic carbocycles. The highest BCUT2D eigenvalue weighted by Crippen LogP contribution is 2.24. The molecule has 0 fully saturated rings. The van der Waals surface area contributed by atoms with Crippen LogP contribution in [0.5, 0.6) is 6.08 Å². The zero-order chi connectivity index (χ0) is 13.1. The average molecular weight is 253 g/mol. The van der Waals surface area contributed by atoms with Gasteiger partial charge in [-0.15, -0.1) is 0 Å². The van der Waals surface area contributed by atoms with E-state index < -0.39 is 24.3 Å². The molecule has 1 atom stereocenters. The molecular weight excluding hydrogens is 243 g/mol. The molecule has 1 aromatic heterocycles. The van der Waals surface area contributed by atoms with Gasteiger partial charge in [-0.2, -0.15) is 18.2 Å². The van der Waals surface area contributed by atoms with Crippen molar-refractivity contribution in [1.82, 2.24) is 4.98 Å². The maximum absolute atomic E-state index is 12.1. The first-order valence-electron chi connectivity index (χ1n) is 4.70. The van der Waals surface area contributed by atoms with E-state index in [4.69, 9.17) is 0 Å². The maximum atomic E-state index is 12.1. The third-order valence-corrected chi connectivity index (χ3v) is 1.71. The number of ether oxygens (including phenoxy) is 2. The highest BCUT2D eigenvalue weighted by Gasteiger charge is 2.39. The van der Waals surface area contributed by atoms with Gasteiger partial charge in [0.1, 0.15) is 6.26 Å². The molecule has 5 nitrogen and oxygen atoms in total. The Morgan fingerprint density at radius 3 is 2.76 bits per heavy atom. The molecule has 96 valence electrons. The largest absolute Gasteiger partial charge is 0.461 e. The lowest BCUT2D eigenvalue weighted by molar-refractivity contribution is -0.193. The van der Waals surface area contributed by atoms with Crippen LogP contribution in [0, 0.1) is 0 Å². The van der Waals surface area contributed by atoms with E-state index in [2.05, 4.69) is 18.9 Å². The number of halogens is 3. The monoisotopic (exact) mass is 253 g/mol. The topological polar surface area (TPSA) is 61.6 Å². The Balaban J connectivity index is 2.66. The molecule has 8 heteroatoms. The van der Waals surface area contributed by atoms with Crippen LogP contribution in [0.4, 0.5) is 13.2 Å². The molecule has 1 heterocycles. The number of rotatable bonds is 4. The summed E-state index contributed by atoms with van der Waals surface area (Å²) in [5.41, 5.74) is -0.240. The normalized spacial score (nSPS) is 13.2. The second-order valence-corrected chi connectivity index (χ2v) is 3.02. The number of nitrogens with zero attached hydrogens (tertiary/aromatic N) is 1. The van der Waals surface area contributed by atoms with E-state index in [1.165, 1.54) is 0 Å². The Bertz CT molecular complexity index is 388.